The number of likely N-dealkylation sites (tertiary alicyclic amines) is 1. The Balaban J connectivity index is 2.31. The Bertz CT molecular complexity index is 221. The van der Waals surface area contributed by atoms with Crippen molar-refractivity contribution in [2.45, 2.75) is 26.1 Å². The summed E-state index contributed by atoms with van der Waals surface area (Å²) in [4.78, 5) is 12.1. The van der Waals surface area contributed by atoms with Crippen LogP contribution in [-0.2, 0) is 4.74 Å². The summed E-state index contributed by atoms with van der Waals surface area (Å²) in [6, 6.07) is 0. The van der Waals surface area contributed by atoms with E-state index in [0.717, 1.165) is 4.90 Å². The Morgan fingerprint density at radius 1 is 1.43 bits per heavy atom. The van der Waals surface area contributed by atoms with Crippen molar-refractivity contribution in [3.05, 3.63) is 0 Å². The van der Waals surface area contributed by atoms with Gasteiger partial charge in [-0.05, 0) is 13.8 Å². The maximum absolute atomic E-state index is 12.0. The molecule has 0 aliphatic carbocycles. The first-order valence-corrected chi connectivity index (χ1v) is 4.33. The average Bonchev–Trinajstić information content (AvgIpc) is 1.75. The number of amides is 1. The van der Waals surface area contributed by atoms with Crippen molar-refractivity contribution in [3.8, 4) is 0 Å². The van der Waals surface area contributed by atoms with Gasteiger partial charge in [-0.3, -0.25) is 0 Å². The second-order valence-corrected chi connectivity index (χ2v) is 3.58. The predicted octanol–water partition coefficient (Wildman–Crippen LogP) is 2.03. The molecule has 0 unspecified atom stereocenters. The van der Waals surface area contributed by atoms with Gasteiger partial charge in [0, 0.05) is 13.1 Å². The summed E-state index contributed by atoms with van der Waals surface area (Å²) in [5, 5.41) is 0. The van der Waals surface area contributed by atoms with Gasteiger partial charge in [0.2, 0.25) is 0 Å². The first-order chi connectivity index (χ1) is 6.30. The standard InChI is InChI=1S/C8H12F3NO2/c1-5(2)14-7(13)12-3-6(4-12)8(9,10)11/h5-6H,3-4H2,1-2H3. The van der Waals surface area contributed by atoms with Crippen LogP contribution in [0, 0.1) is 5.92 Å². The summed E-state index contributed by atoms with van der Waals surface area (Å²) in [5.74, 6) is -1.39. The minimum absolute atomic E-state index is 0.283. The van der Waals surface area contributed by atoms with Gasteiger partial charge >= 0.3 is 12.3 Å². The SMILES string of the molecule is CC(C)OC(=O)N1CC(C(F)(F)F)C1. The summed E-state index contributed by atoms with van der Waals surface area (Å²) in [7, 11) is 0. The zero-order valence-corrected chi connectivity index (χ0v) is 7.97. The average molecular weight is 211 g/mol. The first kappa shape index (κ1) is 11.1. The molecule has 1 rings (SSSR count). The van der Waals surface area contributed by atoms with Crippen LogP contribution in [-0.4, -0.2) is 36.4 Å². The third-order valence-corrected chi connectivity index (χ3v) is 1.94. The number of nitrogens with zero attached hydrogens (tertiary/aromatic N) is 1. The molecule has 0 bridgehead atoms. The molecular weight excluding hydrogens is 199 g/mol. The molecule has 0 N–H and O–H groups in total. The van der Waals surface area contributed by atoms with Gasteiger partial charge < -0.3 is 9.64 Å². The number of carbonyl (C=O) groups is 1. The van der Waals surface area contributed by atoms with Crippen LogP contribution >= 0.6 is 0 Å². The largest absolute Gasteiger partial charge is 0.447 e. The molecule has 0 aromatic carbocycles. The van der Waals surface area contributed by atoms with E-state index in [4.69, 9.17) is 4.74 Å². The van der Waals surface area contributed by atoms with Crippen molar-refractivity contribution in [2.24, 2.45) is 5.92 Å². The van der Waals surface area contributed by atoms with Gasteiger partial charge in [-0.1, -0.05) is 0 Å². The highest BCUT2D eigenvalue weighted by molar-refractivity contribution is 5.68. The Labute approximate surface area is 79.8 Å². The highest BCUT2D eigenvalue weighted by Gasteiger charge is 2.49. The fourth-order valence-electron chi connectivity index (χ4n) is 1.11. The quantitative estimate of drug-likeness (QED) is 0.664. The smallest absolute Gasteiger partial charge is 0.410 e. The monoisotopic (exact) mass is 211 g/mol. The maximum Gasteiger partial charge on any atom is 0.410 e. The number of hydrogen-bond donors (Lipinski definition) is 0. The van der Waals surface area contributed by atoms with Gasteiger partial charge in [-0.15, -0.1) is 0 Å². The molecule has 14 heavy (non-hydrogen) atoms. The normalized spacial score (nSPS) is 18.3. The van der Waals surface area contributed by atoms with Gasteiger partial charge in [-0.25, -0.2) is 4.79 Å². The molecule has 0 radical (unpaired) electrons. The Morgan fingerprint density at radius 2 is 1.93 bits per heavy atom. The van der Waals surface area contributed by atoms with Crippen molar-refractivity contribution in [1.82, 2.24) is 4.90 Å². The number of carbonyl (C=O) groups excluding carboxylic acids is 1. The van der Waals surface area contributed by atoms with E-state index in [1.165, 1.54) is 0 Å². The van der Waals surface area contributed by atoms with Crippen LogP contribution in [0.4, 0.5) is 18.0 Å². The molecule has 6 heteroatoms. The Hall–Kier alpha value is -0.940. The van der Waals surface area contributed by atoms with Crippen LogP contribution in [0.1, 0.15) is 13.8 Å². The lowest BCUT2D eigenvalue weighted by Gasteiger charge is -2.39. The maximum atomic E-state index is 12.0. The molecule has 1 amide bonds. The van der Waals surface area contributed by atoms with Crippen LogP contribution in [0.5, 0.6) is 0 Å². The number of ether oxygens (including phenoxy) is 1. The molecule has 1 aliphatic heterocycles. The molecule has 1 saturated heterocycles. The van der Waals surface area contributed by atoms with Crippen molar-refractivity contribution in [3.63, 3.8) is 0 Å². The summed E-state index contributed by atoms with van der Waals surface area (Å²) < 4.78 is 40.8. The topological polar surface area (TPSA) is 29.5 Å². The Morgan fingerprint density at radius 3 is 2.29 bits per heavy atom. The van der Waals surface area contributed by atoms with Crippen molar-refractivity contribution in [2.75, 3.05) is 13.1 Å². The van der Waals surface area contributed by atoms with Crippen LogP contribution in [0.2, 0.25) is 0 Å². The molecule has 82 valence electrons. The molecule has 0 saturated carbocycles. The van der Waals surface area contributed by atoms with E-state index in [9.17, 15) is 18.0 Å². The summed E-state index contributed by atoms with van der Waals surface area (Å²) in [6.45, 7) is 2.74. The minimum atomic E-state index is -4.20. The van der Waals surface area contributed by atoms with E-state index in [1.807, 2.05) is 0 Å². The lowest BCUT2D eigenvalue weighted by atomic mass is 10.0. The van der Waals surface area contributed by atoms with Crippen LogP contribution in [0.25, 0.3) is 0 Å². The number of halogens is 3. The third-order valence-electron chi connectivity index (χ3n) is 1.94. The second-order valence-electron chi connectivity index (χ2n) is 3.58. The number of alkyl halides is 3. The second kappa shape index (κ2) is 3.67. The molecule has 1 heterocycles. The van der Waals surface area contributed by atoms with Gasteiger partial charge in [0.1, 0.15) is 0 Å². The molecule has 3 nitrogen and oxygen atoms in total. The van der Waals surface area contributed by atoms with E-state index < -0.39 is 18.2 Å². The molecule has 1 aliphatic rings. The minimum Gasteiger partial charge on any atom is -0.447 e. The van der Waals surface area contributed by atoms with E-state index in [-0.39, 0.29) is 19.2 Å². The van der Waals surface area contributed by atoms with Gasteiger partial charge in [0.25, 0.3) is 0 Å². The summed E-state index contributed by atoms with van der Waals surface area (Å²) in [5.41, 5.74) is 0. The van der Waals surface area contributed by atoms with E-state index in [2.05, 4.69) is 0 Å². The van der Waals surface area contributed by atoms with Crippen molar-refractivity contribution in [1.29, 1.82) is 0 Å². The van der Waals surface area contributed by atoms with Crippen molar-refractivity contribution < 1.29 is 22.7 Å². The van der Waals surface area contributed by atoms with Gasteiger partial charge in [-0.2, -0.15) is 13.2 Å². The summed E-state index contributed by atoms with van der Waals surface area (Å²) in [6.07, 6.45) is -5.16. The lowest BCUT2D eigenvalue weighted by molar-refractivity contribution is -0.204. The van der Waals surface area contributed by atoms with E-state index in [1.54, 1.807) is 13.8 Å². The zero-order valence-electron chi connectivity index (χ0n) is 7.97. The Kier molecular flexibility index (Phi) is 2.92. The zero-order chi connectivity index (χ0) is 10.9. The summed E-state index contributed by atoms with van der Waals surface area (Å²) >= 11 is 0. The fourth-order valence-corrected chi connectivity index (χ4v) is 1.11. The number of hydrogen-bond acceptors (Lipinski definition) is 2. The van der Waals surface area contributed by atoms with E-state index in [0.29, 0.717) is 0 Å². The molecule has 0 atom stereocenters. The third kappa shape index (κ3) is 2.52. The molecule has 0 spiro atoms. The first-order valence-electron chi connectivity index (χ1n) is 4.33. The molecule has 0 aromatic rings. The molecule has 1 fully saturated rings. The van der Waals surface area contributed by atoms with Gasteiger partial charge in [0.05, 0.1) is 12.0 Å². The highest BCUT2D eigenvalue weighted by Crippen LogP contribution is 2.33. The molecular formula is C8H12F3NO2. The van der Waals surface area contributed by atoms with Crippen LogP contribution in [0.3, 0.4) is 0 Å². The van der Waals surface area contributed by atoms with Crippen LogP contribution in [0.15, 0.2) is 0 Å². The van der Waals surface area contributed by atoms with Crippen molar-refractivity contribution >= 4 is 6.09 Å². The lowest BCUT2D eigenvalue weighted by Crippen LogP contribution is -2.55. The van der Waals surface area contributed by atoms with E-state index >= 15 is 0 Å². The number of rotatable bonds is 1. The molecule has 0 aromatic heterocycles. The van der Waals surface area contributed by atoms with Gasteiger partial charge in [0.15, 0.2) is 0 Å². The van der Waals surface area contributed by atoms with Crippen LogP contribution < -0.4 is 0 Å². The predicted molar refractivity (Wildman–Crippen MR) is 42.7 cm³/mol. The highest BCUT2D eigenvalue weighted by atomic mass is 19.4. The fraction of sp³-hybridized carbons (Fsp3) is 0.875.